The molecule has 3 N–H and O–H groups in total. The summed E-state index contributed by atoms with van der Waals surface area (Å²) in [4.78, 5) is 36.8. The number of rotatable bonds is 5. The zero-order valence-electron chi connectivity index (χ0n) is 15.2. The zero-order valence-corrected chi connectivity index (χ0v) is 15.2. The van der Waals surface area contributed by atoms with Crippen LogP contribution in [0.1, 0.15) is 26.7 Å². The molecule has 0 saturated carbocycles. The zero-order chi connectivity index (χ0) is 20.4. The van der Waals surface area contributed by atoms with Crippen molar-refractivity contribution >= 4 is 17.5 Å². The van der Waals surface area contributed by atoms with Crippen LogP contribution >= 0.6 is 0 Å². The third-order valence-corrected chi connectivity index (χ3v) is 3.96. The van der Waals surface area contributed by atoms with Crippen LogP contribution in [0.3, 0.4) is 0 Å². The Bertz CT molecular complexity index is 1200. The van der Waals surface area contributed by atoms with Gasteiger partial charge in [0, 0.05) is 23.7 Å². The Labute approximate surface area is 164 Å². The largest absolute Gasteiger partial charge is 0.444 e. The maximum Gasteiger partial charge on any atom is 0.277 e. The van der Waals surface area contributed by atoms with E-state index in [1.807, 2.05) is 6.92 Å². The second-order valence-electron chi connectivity index (χ2n) is 6.07. The van der Waals surface area contributed by atoms with Gasteiger partial charge in [0.25, 0.3) is 11.8 Å². The van der Waals surface area contributed by atoms with Gasteiger partial charge in [0.2, 0.25) is 5.89 Å². The van der Waals surface area contributed by atoms with Crippen LogP contribution in [-0.2, 0) is 0 Å². The lowest BCUT2D eigenvalue weighted by Gasteiger charge is -2.00. The molecule has 10 heteroatoms. The Hall–Kier alpha value is -4.34. The van der Waals surface area contributed by atoms with Crippen molar-refractivity contribution in [1.82, 2.24) is 24.7 Å². The lowest BCUT2D eigenvalue weighted by atomic mass is 10.2. The third-order valence-electron chi connectivity index (χ3n) is 3.96. The van der Waals surface area contributed by atoms with Crippen molar-refractivity contribution in [2.75, 3.05) is 5.32 Å². The standard InChI is InChI=1S/C19H15N7O3/c1-11-8-12(5-7-21-11)19-24-14(10-29-19)18(28)23-13-9-26(25-16(13)17(20)27)15-4-2-3-6-22-15/h2-10H,1H3,(H2,20,27)(H,23,28). The number of amides is 2. The highest BCUT2D eigenvalue weighted by Crippen LogP contribution is 2.21. The molecule has 10 nitrogen and oxygen atoms in total. The highest BCUT2D eigenvalue weighted by molar-refractivity contribution is 6.07. The van der Waals surface area contributed by atoms with E-state index in [0.717, 1.165) is 5.69 Å². The Morgan fingerprint density at radius 3 is 2.76 bits per heavy atom. The van der Waals surface area contributed by atoms with Gasteiger partial charge in [-0.2, -0.15) is 5.10 Å². The number of hydrogen-bond donors (Lipinski definition) is 2. The molecule has 0 spiro atoms. The molecule has 4 heterocycles. The Kier molecular flexibility index (Phi) is 4.57. The van der Waals surface area contributed by atoms with Crippen LogP contribution in [0.5, 0.6) is 0 Å². The number of pyridine rings is 2. The fraction of sp³-hybridized carbons (Fsp3) is 0.0526. The first-order valence-corrected chi connectivity index (χ1v) is 8.52. The lowest BCUT2D eigenvalue weighted by molar-refractivity contribution is 0.0996. The van der Waals surface area contributed by atoms with E-state index in [-0.39, 0.29) is 23.0 Å². The molecule has 0 aliphatic rings. The van der Waals surface area contributed by atoms with Gasteiger partial charge in [0.05, 0.1) is 11.9 Å². The molecule has 0 radical (unpaired) electrons. The predicted molar refractivity (Wildman–Crippen MR) is 102 cm³/mol. The lowest BCUT2D eigenvalue weighted by Crippen LogP contribution is -2.18. The third kappa shape index (κ3) is 3.72. The molecule has 0 unspecified atom stereocenters. The number of hydrogen-bond acceptors (Lipinski definition) is 7. The number of carbonyl (C=O) groups is 2. The number of carbonyl (C=O) groups excluding carboxylic acids is 2. The van der Waals surface area contributed by atoms with E-state index in [2.05, 4.69) is 25.4 Å². The molecular weight excluding hydrogens is 374 g/mol. The number of nitrogens with one attached hydrogen (secondary N) is 1. The number of anilines is 1. The van der Waals surface area contributed by atoms with Crippen molar-refractivity contribution in [2.45, 2.75) is 6.92 Å². The number of aromatic nitrogens is 5. The summed E-state index contributed by atoms with van der Waals surface area (Å²) in [6.07, 6.45) is 5.89. The van der Waals surface area contributed by atoms with Gasteiger partial charge >= 0.3 is 0 Å². The van der Waals surface area contributed by atoms with Gasteiger partial charge in [-0.3, -0.25) is 14.6 Å². The SMILES string of the molecule is Cc1cc(-c2nc(C(=O)Nc3cn(-c4ccccn4)nc3C(N)=O)co2)ccn1. The van der Waals surface area contributed by atoms with Crippen LogP contribution in [0.15, 0.2) is 59.6 Å². The van der Waals surface area contributed by atoms with Gasteiger partial charge in [-0.1, -0.05) is 6.07 Å². The molecule has 29 heavy (non-hydrogen) atoms. The van der Waals surface area contributed by atoms with E-state index in [1.54, 1.807) is 42.7 Å². The van der Waals surface area contributed by atoms with E-state index in [4.69, 9.17) is 10.2 Å². The first-order valence-electron chi connectivity index (χ1n) is 8.52. The second-order valence-corrected chi connectivity index (χ2v) is 6.07. The van der Waals surface area contributed by atoms with E-state index in [1.165, 1.54) is 17.1 Å². The van der Waals surface area contributed by atoms with Gasteiger partial charge < -0.3 is 15.5 Å². The minimum atomic E-state index is -0.789. The van der Waals surface area contributed by atoms with Gasteiger partial charge in [0.15, 0.2) is 17.2 Å². The number of oxazole rings is 1. The monoisotopic (exact) mass is 389 g/mol. The van der Waals surface area contributed by atoms with Crippen molar-refractivity contribution in [2.24, 2.45) is 5.73 Å². The minimum Gasteiger partial charge on any atom is -0.444 e. The van der Waals surface area contributed by atoms with E-state index in [0.29, 0.717) is 11.4 Å². The Balaban J connectivity index is 1.60. The van der Waals surface area contributed by atoms with E-state index >= 15 is 0 Å². The average Bonchev–Trinajstić information content (AvgIpc) is 3.36. The molecule has 4 aromatic heterocycles. The molecule has 0 aromatic carbocycles. The molecular formula is C19H15N7O3. The van der Waals surface area contributed by atoms with Crippen molar-refractivity contribution in [3.63, 3.8) is 0 Å². The van der Waals surface area contributed by atoms with Crippen molar-refractivity contribution in [1.29, 1.82) is 0 Å². The highest BCUT2D eigenvalue weighted by atomic mass is 16.3. The first-order chi connectivity index (χ1) is 14.0. The second kappa shape index (κ2) is 7.35. The molecule has 0 bridgehead atoms. The summed E-state index contributed by atoms with van der Waals surface area (Å²) < 4.78 is 6.75. The Morgan fingerprint density at radius 1 is 1.17 bits per heavy atom. The number of primary amides is 1. The van der Waals surface area contributed by atoms with Gasteiger partial charge in [-0.15, -0.1) is 0 Å². The number of nitrogens with zero attached hydrogens (tertiary/aromatic N) is 5. The molecule has 0 saturated heterocycles. The molecule has 4 aromatic rings. The topological polar surface area (TPSA) is 142 Å². The normalized spacial score (nSPS) is 10.7. The Morgan fingerprint density at radius 2 is 2.03 bits per heavy atom. The van der Waals surface area contributed by atoms with Crippen LogP contribution in [-0.4, -0.2) is 36.5 Å². The fourth-order valence-electron chi connectivity index (χ4n) is 2.63. The quantitative estimate of drug-likeness (QED) is 0.531. The van der Waals surface area contributed by atoms with Crippen LogP contribution in [0.4, 0.5) is 5.69 Å². The van der Waals surface area contributed by atoms with Crippen molar-refractivity contribution in [3.05, 3.63) is 72.3 Å². The highest BCUT2D eigenvalue weighted by Gasteiger charge is 2.20. The number of nitrogens with two attached hydrogens (primary N) is 1. The molecule has 144 valence electrons. The summed E-state index contributed by atoms with van der Waals surface area (Å²) in [5, 5.41) is 6.69. The van der Waals surface area contributed by atoms with Gasteiger partial charge in [-0.25, -0.2) is 14.6 Å². The summed E-state index contributed by atoms with van der Waals surface area (Å²) in [7, 11) is 0. The molecule has 0 fully saturated rings. The molecule has 0 aliphatic carbocycles. The van der Waals surface area contributed by atoms with Crippen LogP contribution in [0.25, 0.3) is 17.3 Å². The summed E-state index contributed by atoms with van der Waals surface area (Å²) in [5.41, 5.74) is 6.95. The van der Waals surface area contributed by atoms with E-state index < -0.39 is 11.8 Å². The maximum absolute atomic E-state index is 12.6. The summed E-state index contributed by atoms with van der Waals surface area (Å²) >= 11 is 0. The molecule has 0 aliphatic heterocycles. The van der Waals surface area contributed by atoms with Crippen LogP contribution in [0.2, 0.25) is 0 Å². The summed E-state index contributed by atoms with van der Waals surface area (Å²) in [6, 6.07) is 8.73. The summed E-state index contributed by atoms with van der Waals surface area (Å²) in [6.45, 7) is 1.84. The molecule has 2 amide bonds. The molecule has 4 rings (SSSR count). The summed E-state index contributed by atoms with van der Waals surface area (Å²) in [5.74, 6) is -0.621. The predicted octanol–water partition coefficient (Wildman–Crippen LogP) is 1.98. The smallest absolute Gasteiger partial charge is 0.277 e. The first kappa shape index (κ1) is 18.0. The minimum absolute atomic E-state index is 0.0375. The van der Waals surface area contributed by atoms with Gasteiger partial charge in [0.1, 0.15) is 6.26 Å². The molecule has 0 atom stereocenters. The fourth-order valence-corrected chi connectivity index (χ4v) is 2.63. The van der Waals surface area contributed by atoms with Gasteiger partial charge in [-0.05, 0) is 31.2 Å². The maximum atomic E-state index is 12.6. The van der Waals surface area contributed by atoms with Crippen molar-refractivity contribution < 1.29 is 14.0 Å². The average molecular weight is 389 g/mol. The number of aryl methyl sites for hydroxylation is 1. The van der Waals surface area contributed by atoms with E-state index in [9.17, 15) is 9.59 Å². The van der Waals surface area contributed by atoms with Crippen LogP contribution < -0.4 is 11.1 Å². The van der Waals surface area contributed by atoms with Crippen LogP contribution in [0, 0.1) is 6.92 Å². The van der Waals surface area contributed by atoms with Crippen molar-refractivity contribution in [3.8, 4) is 17.3 Å².